The van der Waals surface area contributed by atoms with E-state index in [2.05, 4.69) is 13.8 Å². The zero-order chi connectivity index (χ0) is 14.1. The molecule has 0 aromatic carbocycles. The van der Waals surface area contributed by atoms with Gasteiger partial charge in [0.25, 0.3) is 0 Å². The molecule has 0 radical (unpaired) electrons. The van der Waals surface area contributed by atoms with Crippen LogP contribution in [0.1, 0.15) is 92.3 Å². The van der Waals surface area contributed by atoms with E-state index in [0.717, 1.165) is 0 Å². The van der Waals surface area contributed by atoms with Crippen LogP contribution in [0.25, 0.3) is 0 Å². The minimum Gasteiger partial charge on any atom is -1.00 e. The molecule has 0 fully saturated rings. The van der Waals surface area contributed by atoms with Gasteiger partial charge in [0.05, 0.1) is 0 Å². The summed E-state index contributed by atoms with van der Waals surface area (Å²) in [6, 6.07) is 0. The van der Waals surface area contributed by atoms with Crippen LogP contribution in [0.3, 0.4) is 0 Å². The van der Waals surface area contributed by atoms with E-state index in [9.17, 15) is 0 Å². The van der Waals surface area contributed by atoms with Gasteiger partial charge in [-0.25, -0.2) is 4.79 Å². The first-order valence-electron chi connectivity index (χ1n) is 7.57. The predicted octanol–water partition coefficient (Wildman–Crippen LogP) is 3.05. The van der Waals surface area contributed by atoms with Crippen LogP contribution in [-0.4, -0.2) is 16.4 Å². The zero-order valence-corrected chi connectivity index (χ0v) is 15.3. The van der Waals surface area contributed by atoms with Gasteiger partial charge in [-0.2, -0.15) is 0 Å². The van der Waals surface area contributed by atoms with Gasteiger partial charge in [-0.3, -0.25) is 0 Å². The summed E-state index contributed by atoms with van der Waals surface area (Å²) in [6.45, 7) is 4.57. The molecule has 112 valence electrons. The molecule has 0 aliphatic rings. The maximum Gasteiger partial charge on any atom is 1.00 e. The van der Waals surface area contributed by atoms with Crippen molar-refractivity contribution in [3.05, 3.63) is 0 Å². The summed E-state index contributed by atoms with van der Waals surface area (Å²) in [5.74, 6) is 0. The number of carbonyl (C=O) groups is 1. The van der Waals surface area contributed by atoms with E-state index in [-0.39, 0.29) is 31.0 Å². The van der Waals surface area contributed by atoms with Crippen molar-refractivity contribution in [2.45, 2.75) is 90.9 Å². The molecule has 0 aromatic heterocycles. The van der Waals surface area contributed by atoms with Crippen molar-refractivity contribution in [2.24, 2.45) is 0 Å². The molecule has 2 N–H and O–H groups in total. The van der Waals surface area contributed by atoms with Crippen molar-refractivity contribution in [3.63, 3.8) is 0 Å². The summed E-state index contributed by atoms with van der Waals surface area (Å²) in [5.41, 5.74) is 0. The fourth-order valence-electron chi connectivity index (χ4n) is 1.91. The topological polar surface area (TPSA) is 57.5 Å². The molecule has 0 bridgehead atoms. The Hall–Kier alpha value is 0.270. The minimum atomic E-state index is -1.83. The molecule has 0 rings (SSSR count). The van der Waals surface area contributed by atoms with Gasteiger partial charge >= 0.3 is 35.7 Å². The molecule has 0 unspecified atom stereocenters. The summed E-state index contributed by atoms with van der Waals surface area (Å²) in [5, 5.41) is 13.9. The molecule has 0 aliphatic carbocycles. The molecule has 0 atom stereocenters. The van der Waals surface area contributed by atoms with Crippen LogP contribution in [0.4, 0.5) is 4.79 Å². The predicted molar refractivity (Wildman–Crippen MR) is 78.5 cm³/mol. The average Bonchev–Trinajstić information content (AvgIpc) is 2.31. The van der Waals surface area contributed by atoms with Crippen molar-refractivity contribution in [3.8, 4) is 0 Å². The summed E-state index contributed by atoms with van der Waals surface area (Å²) in [4.78, 5) is 8.56. The van der Waals surface area contributed by atoms with Gasteiger partial charge in [0, 0.05) is 0 Å². The zero-order valence-electron chi connectivity index (χ0n) is 14.3. The molecule has 0 heterocycles. The Labute approximate surface area is 143 Å². The van der Waals surface area contributed by atoms with Crippen LogP contribution in [-0.2, 0) is 0 Å². The van der Waals surface area contributed by atoms with Crippen molar-refractivity contribution < 1.29 is 46.0 Å². The third-order valence-electron chi connectivity index (χ3n) is 2.96. The van der Waals surface area contributed by atoms with Crippen LogP contribution in [0.5, 0.6) is 0 Å². The second kappa shape index (κ2) is 23.4. The van der Waals surface area contributed by atoms with Crippen LogP contribution in [0, 0.1) is 0 Å². The third kappa shape index (κ3) is 38.1. The van der Waals surface area contributed by atoms with Crippen LogP contribution >= 0.6 is 0 Å². The molecule has 3 nitrogen and oxygen atoms in total. The monoisotopic (exact) mass is 284 g/mol. The Bertz CT molecular complexity index is 153. The summed E-state index contributed by atoms with van der Waals surface area (Å²) in [7, 11) is 0. The van der Waals surface area contributed by atoms with Crippen molar-refractivity contribution in [2.75, 3.05) is 0 Å². The number of unbranched alkanes of at least 4 members (excludes halogenated alkanes) is 11. The van der Waals surface area contributed by atoms with Crippen LogP contribution in [0.15, 0.2) is 0 Å². The van der Waals surface area contributed by atoms with E-state index in [4.69, 9.17) is 15.0 Å². The number of hydrogen-bond donors (Lipinski definition) is 2. The Morgan fingerprint density at radius 1 is 0.684 bits per heavy atom. The molecule has 0 saturated heterocycles. The molecule has 4 heteroatoms. The first kappa shape index (κ1) is 24.3. The van der Waals surface area contributed by atoms with Crippen molar-refractivity contribution in [1.29, 1.82) is 0 Å². The first-order chi connectivity index (χ1) is 8.65. The fraction of sp³-hybridized carbons (Fsp3) is 0.933. The molecule has 0 aliphatic heterocycles. The SMILES string of the molecule is CCCCCCCCCCCCCC.O=C(O)O.[H-].[Na+]. The van der Waals surface area contributed by atoms with Crippen molar-refractivity contribution in [1.82, 2.24) is 0 Å². The first-order valence-corrected chi connectivity index (χ1v) is 7.57. The second-order valence-electron chi connectivity index (χ2n) is 4.82. The Morgan fingerprint density at radius 2 is 0.842 bits per heavy atom. The standard InChI is InChI=1S/C14H30.CH2O3.Na.H/c1-3-5-7-9-11-13-14-12-10-8-6-4-2;2-1(3)4;;/h3-14H2,1-2H3;(H2,2,3,4);;/q;;+1;-1. The third-order valence-corrected chi connectivity index (χ3v) is 2.96. The van der Waals surface area contributed by atoms with Crippen LogP contribution in [0.2, 0.25) is 0 Å². The molecule has 0 spiro atoms. The van der Waals surface area contributed by atoms with Crippen LogP contribution < -0.4 is 29.6 Å². The molecular weight excluding hydrogens is 251 g/mol. The summed E-state index contributed by atoms with van der Waals surface area (Å²) < 4.78 is 0. The molecular formula is C15H33NaO3. The van der Waals surface area contributed by atoms with Gasteiger partial charge in [-0.15, -0.1) is 0 Å². The molecule has 0 saturated carbocycles. The smallest absolute Gasteiger partial charge is 1.00 e. The van der Waals surface area contributed by atoms with E-state index in [1.54, 1.807) is 0 Å². The quantitative estimate of drug-likeness (QED) is 0.453. The Balaban J connectivity index is -0.000000188. The van der Waals surface area contributed by atoms with Gasteiger partial charge in [0.15, 0.2) is 0 Å². The number of carboxylic acid groups (broad SMARTS) is 2. The maximum atomic E-state index is 8.56. The van der Waals surface area contributed by atoms with Gasteiger partial charge in [-0.05, 0) is 0 Å². The number of rotatable bonds is 11. The van der Waals surface area contributed by atoms with E-state index in [0.29, 0.717) is 0 Å². The summed E-state index contributed by atoms with van der Waals surface area (Å²) in [6.07, 6.45) is 15.6. The van der Waals surface area contributed by atoms with E-state index < -0.39 is 6.16 Å². The summed E-state index contributed by atoms with van der Waals surface area (Å²) >= 11 is 0. The average molecular weight is 284 g/mol. The minimum absolute atomic E-state index is 0. The van der Waals surface area contributed by atoms with E-state index in [1.807, 2.05) is 0 Å². The van der Waals surface area contributed by atoms with Gasteiger partial charge in [0.2, 0.25) is 0 Å². The molecule has 0 aromatic rings. The van der Waals surface area contributed by atoms with Crippen molar-refractivity contribution >= 4 is 6.16 Å². The normalized spacial score (nSPS) is 9.16. The Morgan fingerprint density at radius 3 is 1.00 bits per heavy atom. The van der Waals surface area contributed by atoms with E-state index in [1.165, 1.54) is 77.0 Å². The Kier molecular flexibility index (Phi) is 29.9. The maximum absolute atomic E-state index is 8.56. The fourth-order valence-corrected chi connectivity index (χ4v) is 1.91. The molecule has 0 amide bonds. The second-order valence-corrected chi connectivity index (χ2v) is 4.82. The van der Waals surface area contributed by atoms with Gasteiger partial charge in [0.1, 0.15) is 0 Å². The van der Waals surface area contributed by atoms with Gasteiger partial charge in [-0.1, -0.05) is 90.9 Å². The van der Waals surface area contributed by atoms with E-state index >= 15 is 0 Å². The van der Waals surface area contributed by atoms with Gasteiger partial charge < -0.3 is 11.6 Å². The largest absolute Gasteiger partial charge is 1.00 e. The molecule has 19 heavy (non-hydrogen) atoms. The number of hydrogen-bond acceptors (Lipinski definition) is 1.